The summed E-state index contributed by atoms with van der Waals surface area (Å²) in [6.07, 6.45) is 1.63. The number of nitro groups is 1. The number of anilines is 1. The van der Waals surface area contributed by atoms with Crippen LogP contribution in [0.5, 0.6) is 0 Å². The standard InChI is InChI=1S/C15H12F2N2O2/c16-11-7-12(17)15(19(20)21)8-14(11)18-13-6-5-9-3-1-2-4-10(9)13/h1-4,7-8,13,18H,5-6H2. The minimum Gasteiger partial charge on any atom is -0.376 e. The number of nitrogens with one attached hydrogen (secondary N) is 1. The largest absolute Gasteiger partial charge is 0.376 e. The van der Waals surface area contributed by atoms with Crippen LogP contribution in [0.4, 0.5) is 20.2 Å². The van der Waals surface area contributed by atoms with Gasteiger partial charge in [0.1, 0.15) is 5.82 Å². The topological polar surface area (TPSA) is 55.2 Å². The van der Waals surface area contributed by atoms with E-state index in [0.717, 1.165) is 24.5 Å². The van der Waals surface area contributed by atoms with Crippen LogP contribution >= 0.6 is 0 Å². The molecule has 1 unspecified atom stereocenters. The molecule has 108 valence electrons. The number of benzene rings is 2. The van der Waals surface area contributed by atoms with Gasteiger partial charge in [-0.2, -0.15) is 4.39 Å². The van der Waals surface area contributed by atoms with E-state index in [0.29, 0.717) is 6.07 Å². The quantitative estimate of drug-likeness (QED) is 0.687. The Morgan fingerprint density at radius 1 is 1.19 bits per heavy atom. The van der Waals surface area contributed by atoms with Crippen LogP contribution in [-0.2, 0) is 6.42 Å². The van der Waals surface area contributed by atoms with Gasteiger partial charge in [0, 0.05) is 12.1 Å². The van der Waals surface area contributed by atoms with Crippen LogP contribution in [0.25, 0.3) is 0 Å². The minimum atomic E-state index is -1.17. The molecule has 0 heterocycles. The molecule has 2 aromatic rings. The molecular weight excluding hydrogens is 278 g/mol. The summed E-state index contributed by atoms with van der Waals surface area (Å²) in [5.41, 5.74) is 1.44. The minimum absolute atomic E-state index is 0.0511. The molecule has 0 saturated heterocycles. The van der Waals surface area contributed by atoms with Crippen molar-refractivity contribution < 1.29 is 13.7 Å². The molecule has 0 spiro atoms. The van der Waals surface area contributed by atoms with Gasteiger partial charge in [-0.3, -0.25) is 10.1 Å². The van der Waals surface area contributed by atoms with Gasteiger partial charge in [-0.15, -0.1) is 0 Å². The second kappa shape index (κ2) is 5.12. The molecule has 0 saturated carbocycles. The molecule has 1 aliphatic rings. The van der Waals surface area contributed by atoms with E-state index in [9.17, 15) is 18.9 Å². The van der Waals surface area contributed by atoms with Gasteiger partial charge in [0.15, 0.2) is 0 Å². The summed E-state index contributed by atoms with van der Waals surface area (Å²) >= 11 is 0. The first-order valence-corrected chi connectivity index (χ1v) is 6.54. The van der Waals surface area contributed by atoms with Gasteiger partial charge in [-0.1, -0.05) is 24.3 Å². The van der Waals surface area contributed by atoms with E-state index in [1.54, 1.807) is 0 Å². The summed E-state index contributed by atoms with van der Waals surface area (Å²) in [6.45, 7) is 0. The van der Waals surface area contributed by atoms with Crippen LogP contribution in [0.3, 0.4) is 0 Å². The van der Waals surface area contributed by atoms with Gasteiger partial charge in [-0.25, -0.2) is 4.39 Å². The van der Waals surface area contributed by atoms with Crippen LogP contribution in [-0.4, -0.2) is 4.92 Å². The molecule has 3 rings (SSSR count). The normalized spacial score (nSPS) is 16.6. The Kier molecular flexibility index (Phi) is 3.29. The summed E-state index contributed by atoms with van der Waals surface area (Å²) in [5, 5.41) is 13.7. The molecule has 0 aliphatic heterocycles. The number of nitrogens with zero attached hydrogens (tertiary/aromatic N) is 1. The van der Waals surface area contributed by atoms with E-state index in [4.69, 9.17) is 0 Å². The summed E-state index contributed by atoms with van der Waals surface area (Å²) < 4.78 is 27.1. The van der Waals surface area contributed by atoms with Crippen molar-refractivity contribution in [1.29, 1.82) is 0 Å². The van der Waals surface area contributed by atoms with Gasteiger partial charge < -0.3 is 5.32 Å². The zero-order valence-electron chi connectivity index (χ0n) is 11.0. The van der Waals surface area contributed by atoms with Crippen molar-refractivity contribution >= 4 is 11.4 Å². The van der Waals surface area contributed by atoms with Crippen LogP contribution in [0.1, 0.15) is 23.6 Å². The van der Waals surface area contributed by atoms with Crippen LogP contribution in [0.15, 0.2) is 36.4 Å². The molecule has 6 heteroatoms. The predicted molar refractivity (Wildman–Crippen MR) is 74.1 cm³/mol. The lowest BCUT2D eigenvalue weighted by molar-refractivity contribution is -0.387. The summed E-state index contributed by atoms with van der Waals surface area (Å²) in [5.74, 6) is -2.00. The van der Waals surface area contributed by atoms with Crippen molar-refractivity contribution in [3.63, 3.8) is 0 Å². The summed E-state index contributed by atoms with van der Waals surface area (Å²) in [7, 11) is 0. The first kappa shape index (κ1) is 13.5. The maximum atomic E-state index is 13.8. The molecule has 1 aliphatic carbocycles. The highest BCUT2D eigenvalue weighted by Crippen LogP contribution is 2.35. The van der Waals surface area contributed by atoms with Crippen molar-refractivity contribution in [1.82, 2.24) is 0 Å². The first-order valence-electron chi connectivity index (χ1n) is 6.54. The van der Waals surface area contributed by atoms with E-state index in [-0.39, 0.29) is 11.7 Å². The molecule has 0 bridgehead atoms. The Morgan fingerprint density at radius 3 is 2.71 bits per heavy atom. The number of nitro benzene ring substituents is 1. The second-order valence-corrected chi connectivity index (χ2v) is 4.97. The Bertz CT molecular complexity index is 719. The predicted octanol–water partition coefficient (Wildman–Crippen LogP) is 3.97. The number of aryl methyl sites for hydroxylation is 1. The highest BCUT2D eigenvalue weighted by Gasteiger charge is 2.25. The molecule has 2 aromatic carbocycles. The Hall–Kier alpha value is -2.50. The fourth-order valence-electron chi connectivity index (χ4n) is 2.68. The van der Waals surface area contributed by atoms with Crippen LogP contribution < -0.4 is 5.32 Å². The smallest absolute Gasteiger partial charge is 0.307 e. The van der Waals surface area contributed by atoms with Crippen molar-refractivity contribution in [2.45, 2.75) is 18.9 Å². The van der Waals surface area contributed by atoms with Crippen molar-refractivity contribution in [3.05, 3.63) is 69.3 Å². The molecule has 0 radical (unpaired) electrons. The molecule has 21 heavy (non-hydrogen) atoms. The van der Waals surface area contributed by atoms with Crippen molar-refractivity contribution in [3.8, 4) is 0 Å². The second-order valence-electron chi connectivity index (χ2n) is 4.97. The maximum absolute atomic E-state index is 13.8. The lowest BCUT2D eigenvalue weighted by atomic mass is 10.1. The van der Waals surface area contributed by atoms with E-state index in [2.05, 4.69) is 5.32 Å². The third-order valence-electron chi connectivity index (χ3n) is 3.70. The summed E-state index contributed by atoms with van der Waals surface area (Å²) in [6, 6.07) is 9.09. The Labute approximate surface area is 119 Å². The highest BCUT2D eigenvalue weighted by molar-refractivity contribution is 5.55. The molecular formula is C15H12F2N2O2. The van der Waals surface area contributed by atoms with Crippen molar-refractivity contribution in [2.75, 3.05) is 5.32 Å². The molecule has 0 fully saturated rings. The van der Waals surface area contributed by atoms with E-state index >= 15 is 0 Å². The molecule has 0 aromatic heterocycles. The fourth-order valence-corrected chi connectivity index (χ4v) is 2.68. The van der Waals surface area contributed by atoms with Gasteiger partial charge in [-0.05, 0) is 24.0 Å². The SMILES string of the molecule is O=[N+]([O-])c1cc(NC2CCc3ccccc32)c(F)cc1F. The molecule has 4 nitrogen and oxygen atoms in total. The average Bonchev–Trinajstić information content (AvgIpc) is 2.85. The summed E-state index contributed by atoms with van der Waals surface area (Å²) in [4.78, 5) is 9.88. The van der Waals surface area contributed by atoms with Crippen LogP contribution in [0, 0.1) is 21.7 Å². The van der Waals surface area contributed by atoms with Gasteiger partial charge >= 0.3 is 5.69 Å². The molecule has 1 N–H and O–H groups in total. The lowest BCUT2D eigenvalue weighted by Gasteiger charge is -2.16. The Morgan fingerprint density at radius 2 is 1.95 bits per heavy atom. The molecule has 1 atom stereocenters. The highest BCUT2D eigenvalue weighted by atomic mass is 19.1. The number of fused-ring (bicyclic) bond motifs is 1. The monoisotopic (exact) mass is 290 g/mol. The first-order chi connectivity index (χ1) is 10.1. The van der Waals surface area contributed by atoms with Crippen molar-refractivity contribution in [2.24, 2.45) is 0 Å². The van der Waals surface area contributed by atoms with Gasteiger partial charge in [0.25, 0.3) is 0 Å². The van der Waals surface area contributed by atoms with E-state index < -0.39 is 22.2 Å². The third-order valence-corrected chi connectivity index (χ3v) is 3.70. The number of hydrogen-bond donors (Lipinski definition) is 1. The Balaban J connectivity index is 1.93. The zero-order valence-corrected chi connectivity index (χ0v) is 11.0. The maximum Gasteiger partial charge on any atom is 0.307 e. The zero-order chi connectivity index (χ0) is 15.0. The van der Waals surface area contributed by atoms with Crippen LogP contribution in [0.2, 0.25) is 0 Å². The van der Waals surface area contributed by atoms with Gasteiger partial charge in [0.05, 0.1) is 16.7 Å². The lowest BCUT2D eigenvalue weighted by Crippen LogP contribution is -2.09. The fraction of sp³-hybridized carbons (Fsp3) is 0.200. The number of rotatable bonds is 3. The van der Waals surface area contributed by atoms with E-state index in [1.165, 1.54) is 5.56 Å². The van der Waals surface area contributed by atoms with E-state index in [1.807, 2.05) is 24.3 Å². The number of hydrogen-bond acceptors (Lipinski definition) is 3. The van der Waals surface area contributed by atoms with Gasteiger partial charge in [0.2, 0.25) is 5.82 Å². The third kappa shape index (κ3) is 2.44. The number of halogens is 2. The molecule has 0 amide bonds. The average molecular weight is 290 g/mol.